The molecule has 0 fully saturated rings. The first kappa shape index (κ1) is 17.0. The van der Waals surface area contributed by atoms with Crippen molar-refractivity contribution in [1.82, 2.24) is 10.6 Å². The molecule has 4 nitrogen and oxygen atoms in total. The van der Waals surface area contributed by atoms with E-state index in [0.29, 0.717) is 11.8 Å². The maximum atomic E-state index is 11.6. The number of hydrogen-bond donors (Lipinski definition) is 2. The van der Waals surface area contributed by atoms with Crippen LogP contribution in [0.15, 0.2) is 4.99 Å². The van der Waals surface area contributed by atoms with Gasteiger partial charge in [-0.2, -0.15) is 0 Å². The van der Waals surface area contributed by atoms with Crippen LogP contribution in [0.2, 0.25) is 0 Å². The molecular formula is C16H31N3O. The highest BCUT2D eigenvalue weighted by atomic mass is 16.1. The van der Waals surface area contributed by atoms with Gasteiger partial charge in [0, 0.05) is 25.9 Å². The Hall–Kier alpha value is -1.06. The van der Waals surface area contributed by atoms with Crippen LogP contribution in [0.4, 0.5) is 0 Å². The van der Waals surface area contributed by atoms with Gasteiger partial charge < -0.3 is 10.6 Å². The zero-order chi connectivity index (χ0) is 14.8. The number of nitrogens with one attached hydrogen (secondary N) is 2. The highest BCUT2D eigenvalue weighted by molar-refractivity contribution is 5.83. The zero-order valence-corrected chi connectivity index (χ0v) is 13.4. The Bertz CT molecular complexity index is 318. The Kier molecular flexibility index (Phi) is 7.63. The summed E-state index contributed by atoms with van der Waals surface area (Å²) < 4.78 is 0. The van der Waals surface area contributed by atoms with Gasteiger partial charge in [0.2, 0.25) is 5.91 Å². The van der Waals surface area contributed by atoms with Gasteiger partial charge in [-0.25, -0.2) is 0 Å². The number of amidine groups is 1. The Labute approximate surface area is 123 Å². The van der Waals surface area contributed by atoms with E-state index >= 15 is 0 Å². The number of rotatable bonds is 9. The van der Waals surface area contributed by atoms with Crippen LogP contribution < -0.4 is 10.6 Å². The molecule has 0 bridgehead atoms. The number of aliphatic imine (C=N–C) groups is 1. The van der Waals surface area contributed by atoms with Crippen LogP contribution in [0, 0.1) is 5.41 Å². The maximum Gasteiger partial charge on any atom is 0.219 e. The summed E-state index contributed by atoms with van der Waals surface area (Å²) in [6, 6.07) is 0. The van der Waals surface area contributed by atoms with Gasteiger partial charge in [-0.3, -0.25) is 9.79 Å². The molecule has 20 heavy (non-hydrogen) atoms. The van der Waals surface area contributed by atoms with Crippen LogP contribution in [0.3, 0.4) is 0 Å². The largest absolute Gasteiger partial charge is 0.372 e. The molecular weight excluding hydrogens is 250 g/mol. The van der Waals surface area contributed by atoms with Gasteiger partial charge in [-0.05, 0) is 24.7 Å². The predicted molar refractivity (Wildman–Crippen MR) is 85.1 cm³/mol. The standard InChI is InChI=1S/C16H31N3O/c1-16(2,3)10-6-4-5-9-15(20)19-11-7-8-14-17-12-13-18-14/h4-13H2,1-3H3,(H,17,18)(H,19,20). The van der Waals surface area contributed by atoms with Crippen molar-refractivity contribution in [2.75, 3.05) is 19.6 Å². The molecule has 0 radical (unpaired) electrons. The molecule has 0 saturated carbocycles. The van der Waals surface area contributed by atoms with Crippen LogP contribution in [0.1, 0.15) is 65.7 Å². The van der Waals surface area contributed by atoms with Crippen LogP contribution in [-0.2, 0) is 4.79 Å². The van der Waals surface area contributed by atoms with E-state index in [2.05, 4.69) is 36.4 Å². The fraction of sp³-hybridized carbons (Fsp3) is 0.875. The number of amides is 1. The average Bonchev–Trinajstić information content (AvgIpc) is 2.86. The molecule has 1 amide bonds. The molecule has 1 aliphatic rings. The van der Waals surface area contributed by atoms with Crippen LogP contribution in [0.5, 0.6) is 0 Å². The Balaban J connectivity index is 1.90. The molecule has 1 heterocycles. The molecule has 0 spiro atoms. The lowest BCUT2D eigenvalue weighted by atomic mass is 9.89. The molecule has 0 unspecified atom stereocenters. The van der Waals surface area contributed by atoms with E-state index in [1.165, 1.54) is 12.8 Å². The molecule has 2 N–H and O–H groups in total. The second-order valence-corrected chi connectivity index (χ2v) is 6.83. The third kappa shape index (κ3) is 8.94. The normalized spacial score (nSPS) is 14.8. The van der Waals surface area contributed by atoms with E-state index in [0.717, 1.165) is 51.2 Å². The minimum absolute atomic E-state index is 0.196. The van der Waals surface area contributed by atoms with Crippen molar-refractivity contribution in [3.8, 4) is 0 Å². The lowest BCUT2D eigenvalue weighted by Gasteiger charge is -2.17. The predicted octanol–water partition coefficient (Wildman–Crippen LogP) is 2.88. The van der Waals surface area contributed by atoms with Gasteiger partial charge in [-0.1, -0.05) is 33.6 Å². The first-order chi connectivity index (χ1) is 9.47. The van der Waals surface area contributed by atoms with E-state index in [-0.39, 0.29) is 5.91 Å². The topological polar surface area (TPSA) is 53.5 Å². The fourth-order valence-corrected chi connectivity index (χ4v) is 2.30. The number of unbranched alkanes of at least 4 members (excludes halogenated alkanes) is 2. The summed E-state index contributed by atoms with van der Waals surface area (Å²) in [5.41, 5.74) is 0.416. The monoisotopic (exact) mass is 281 g/mol. The molecule has 1 rings (SSSR count). The third-order valence-corrected chi connectivity index (χ3v) is 3.49. The Morgan fingerprint density at radius 2 is 2.05 bits per heavy atom. The van der Waals surface area contributed by atoms with Crippen molar-refractivity contribution in [2.24, 2.45) is 10.4 Å². The zero-order valence-electron chi connectivity index (χ0n) is 13.4. The first-order valence-electron chi connectivity index (χ1n) is 8.01. The first-order valence-corrected chi connectivity index (χ1v) is 8.01. The summed E-state index contributed by atoms with van der Waals surface area (Å²) in [6.45, 7) is 9.43. The SMILES string of the molecule is CC(C)(C)CCCCCC(=O)NCCCC1=NCCN1. The lowest BCUT2D eigenvalue weighted by molar-refractivity contribution is -0.121. The molecule has 0 aliphatic carbocycles. The van der Waals surface area contributed by atoms with Gasteiger partial charge in [0.05, 0.1) is 12.4 Å². The minimum atomic E-state index is 0.196. The molecule has 0 saturated heterocycles. The average molecular weight is 281 g/mol. The summed E-state index contributed by atoms with van der Waals surface area (Å²) in [7, 11) is 0. The number of hydrogen-bond acceptors (Lipinski definition) is 3. The van der Waals surface area contributed by atoms with E-state index in [4.69, 9.17) is 0 Å². The number of nitrogens with zero attached hydrogens (tertiary/aromatic N) is 1. The second kappa shape index (κ2) is 8.98. The summed E-state index contributed by atoms with van der Waals surface area (Å²) in [6.07, 6.45) is 7.23. The van der Waals surface area contributed by atoms with Crippen molar-refractivity contribution >= 4 is 11.7 Å². The highest BCUT2D eigenvalue weighted by Crippen LogP contribution is 2.22. The van der Waals surface area contributed by atoms with E-state index < -0.39 is 0 Å². The second-order valence-electron chi connectivity index (χ2n) is 6.83. The van der Waals surface area contributed by atoms with Gasteiger partial charge >= 0.3 is 0 Å². The Morgan fingerprint density at radius 1 is 1.25 bits per heavy atom. The summed E-state index contributed by atoms with van der Waals surface area (Å²) in [4.78, 5) is 16.0. The molecule has 0 aromatic heterocycles. The number of carbonyl (C=O) groups excluding carboxylic acids is 1. The minimum Gasteiger partial charge on any atom is -0.372 e. The van der Waals surface area contributed by atoms with E-state index in [1.807, 2.05) is 0 Å². The third-order valence-electron chi connectivity index (χ3n) is 3.49. The highest BCUT2D eigenvalue weighted by Gasteiger charge is 2.09. The smallest absolute Gasteiger partial charge is 0.219 e. The molecule has 116 valence electrons. The van der Waals surface area contributed by atoms with Crippen molar-refractivity contribution in [1.29, 1.82) is 0 Å². The van der Waals surface area contributed by atoms with Gasteiger partial charge in [-0.15, -0.1) is 0 Å². The summed E-state index contributed by atoms with van der Waals surface area (Å²) in [5.74, 6) is 1.29. The van der Waals surface area contributed by atoms with Crippen molar-refractivity contribution in [2.45, 2.75) is 65.7 Å². The molecule has 0 aromatic carbocycles. The van der Waals surface area contributed by atoms with Crippen molar-refractivity contribution in [3.05, 3.63) is 0 Å². The quantitative estimate of drug-likeness (QED) is 0.639. The molecule has 4 heteroatoms. The summed E-state index contributed by atoms with van der Waals surface area (Å²) >= 11 is 0. The van der Waals surface area contributed by atoms with E-state index in [1.54, 1.807) is 0 Å². The molecule has 1 aliphatic heterocycles. The molecule has 0 atom stereocenters. The van der Waals surface area contributed by atoms with Crippen molar-refractivity contribution in [3.63, 3.8) is 0 Å². The Morgan fingerprint density at radius 3 is 2.70 bits per heavy atom. The van der Waals surface area contributed by atoms with Crippen LogP contribution >= 0.6 is 0 Å². The van der Waals surface area contributed by atoms with E-state index in [9.17, 15) is 4.79 Å². The fourth-order valence-electron chi connectivity index (χ4n) is 2.30. The summed E-state index contributed by atoms with van der Waals surface area (Å²) in [5, 5.41) is 6.23. The van der Waals surface area contributed by atoms with Gasteiger partial charge in [0.15, 0.2) is 0 Å². The van der Waals surface area contributed by atoms with Crippen LogP contribution in [0.25, 0.3) is 0 Å². The van der Waals surface area contributed by atoms with Crippen LogP contribution in [-0.4, -0.2) is 31.4 Å². The lowest BCUT2D eigenvalue weighted by Crippen LogP contribution is -2.26. The van der Waals surface area contributed by atoms with Gasteiger partial charge in [0.25, 0.3) is 0 Å². The van der Waals surface area contributed by atoms with Crippen molar-refractivity contribution < 1.29 is 4.79 Å². The number of carbonyl (C=O) groups is 1. The van der Waals surface area contributed by atoms with Gasteiger partial charge in [0.1, 0.15) is 0 Å². The maximum absolute atomic E-state index is 11.6. The molecule has 0 aromatic rings.